The van der Waals surface area contributed by atoms with Gasteiger partial charge in [0.2, 0.25) is 0 Å². The van der Waals surface area contributed by atoms with Gasteiger partial charge in [0, 0.05) is 30.6 Å². The van der Waals surface area contributed by atoms with E-state index in [1.807, 2.05) is 24.1 Å². The maximum atomic E-state index is 10.6. The van der Waals surface area contributed by atoms with Gasteiger partial charge >= 0.3 is 0 Å². The molecule has 0 radical (unpaired) electrons. The van der Waals surface area contributed by atoms with Crippen molar-refractivity contribution in [2.24, 2.45) is 0 Å². The molecule has 0 aromatic heterocycles. The highest BCUT2D eigenvalue weighted by molar-refractivity contribution is 5.64. The van der Waals surface area contributed by atoms with E-state index in [0.29, 0.717) is 5.56 Å². The largest absolute Gasteiger partial charge is 0.345 e. The molecule has 0 aliphatic rings. The van der Waals surface area contributed by atoms with E-state index in [1.165, 1.54) is 12.1 Å². The molecule has 19 heavy (non-hydrogen) atoms. The number of nitrogens with zero attached hydrogens (tertiary/aromatic N) is 3. The molecule has 0 atom stereocenters. The molecule has 2 aromatic rings. The number of hydrogen-bond acceptors (Lipinski definition) is 4. The minimum absolute atomic E-state index is 0.0666. The van der Waals surface area contributed by atoms with E-state index >= 15 is 0 Å². The van der Waals surface area contributed by atoms with Crippen LogP contribution in [0.5, 0.6) is 0 Å². The molecule has 0 saturated carbocycles. The van der Waals surface area contributed by atoms with Crippen molar-refractivity contribution in [3.8, 4) is 6.07 Å². The average Bonchev–Trinajstić information content (AvgIpc) is 2.46. The van der Waals surface area contributed by atoms with Crippen molar-refractivity contribution in [2.75, 3.05) is 11.9 Å². The molecule has 5 heteroatoms. The summed E-state index contributed by atoms with van der Waals surface area (Å²) >= 11 is 0. The molecule has 0 N–H and O–H groups in total. The van der Waals surface area contributed by atoms with Crippen LogP contribution in [0, 0.1) is 21.4 Å². The average molecular weight is 253 g/mol. The summed E-state index contributed by atoms with van der Waals surface area (Å²) in [6.07, 6.45) is 0. The highest BCUT2D eigenvalue weighted by Gasteiger charge is 2.07. The van der Waals surface area contributed by atoms with E-state index in [1.54, 1.807) is 24.3 Å². The maximum Gasteiger partial charge on any atom is 0.269 e. The molecule has 0 aliphatic carbocycles. The summed E-state index contributed by atoms with van der Waals surface area (Å²) in [5.74, 6) is 0. The summed E-state index contributed by atoms with van der Waals surface area (Å²) in [5, 5.41) is 19.3. The van der Waals surface area contributed by atoms with Crippen LogP contribution in [-0.4, -0.2) is 12.0 Å². The molecule has 0 unspecified atom stereocenters. The van der Waals surface area contributed by atoms with Gasteiger partial charge in [-0.05, 0) is 36.4 Å². The molecule has 0 fully saturated rings. The molecule has 0 bridgehead atoms. The topological polar surface area (TPSA) is 70.2 Å². The van der Waals surface area contributed by atoms with Gasteiger partial charge in [-0.25, -0.2) is 0 Å². The van der Waals surface area contributed by atoms with E-state index in [2.05, 4.69) is 6.07 Å². The standard InChI is InChI=1S/C14H11N3O2/c1-16(12-4-2-11(10-15)3-5-12)13-6-8-14(9-7-13)17(18)19/h2-9H,1H3. The Labute approximate surface area is 110 Å². The Kier molecular flexibility index (Phi) is 3.44. The van der Waals surface area contributed by atoms with Crippen LogP contribution in [0.4, 0.5) is 17.1 Å². The van der Waals surface area contributed by atoms with E-state index in [4.69, 9.17) is 5.26 Å². The van der Waals surface area contributed by atoms with Gasteiger partial charge in [0.25, 0.3) is 5.69 Å². The Morgan fingerprint density at radius 3 is 1.95 bits per heavy atom. The Bertz CT molecular complexity index is 627. The molecule has 0 saturated heterocycles. The van der Waals surface area contributed by atoms with Crippen LogP contribution in [0.25, 0.3) is 0 Å². The number of nitro groups is 1. The minimum atomic E-state index is -0.425. The molecule has 0 spiro atoms. The lowest BCUT2D eigenvalue weighted by molar-refractivity contribution is -0.384. The Balaban J connectivity index is 2.25. The van der Waals surface area contributed by atoms with Crippen LogP contribution in [0.3, 0.4) is 0 Å². The number of anilines is 2. The molecular formula is C14H11N3O2. The van der Waals surface area contributed by atoms with Gasteiger partial charge in [-0.3, -0.25) is 10.1 Å². The molecule has 0 aliphatic heterocycles. The van der Waals surface area contributed by atoms with Crippen LogP contribution in [-0.2, 0) is 0 Å². The van der Waals surface area contributed by atoms with E-state index in [-0.39, 0.29) is 5.69 Å². The van der Waals surface area contributed by atoms with Gasteiger partial charge in [-0.15, -0.1) is 0 Å². The van der Waals surface area contributed by atoms with Crippen molar-refractivity contribution >= 4 is 17.1 Å². The first kappa shape index (κ1) is 12.6. The van der Waals surface area contributed by atoms with Crippen LogP contribution in [0.1, 0.15) is 5.56 Å². The third-order valence-electron chi connectivity index (χ3n) is 2.83. The van der Waals surface area contributed by atoms with Gasteiger partial charge in [0.1, 0.15) is 0 Å². The highest BCUT2D eigenvalue weighted by Crippen LogP contribution is 2.25. The van der Waals surface area contributed by atoms with Crippen LogP contribution in [0.15, 0.2) is 48.5 Å². The molecule has 2 aromatic carbocycles. The summed E-state index contributed by atoms with van der Waals surface area (Å²) in [6, 6.07) is 15.5. The Morgan fingerprint density at radius 1 is 1.05 bits per heavy atom. The Morgan fingerprint density at radius 2 is 1.53 bits per heavy atom. The number of rotatable bonds is 3. The molecular weight excluding hydrogens is 242 g/mol. The zero-order chi connectivity index (χ0) is 13.8. The highest BCUT2D eigenvalue weighted by atomic mass is 16.6. The lowest BCUT2D eigenvalue weighted by Gasteiger charge is -2.19. The third-order valence-corrected chi connectivity index (χ3v) is 2.83. The third kappa shape index (κ3) is 2.69. The smallest absolute Gasteiger partial charge is 0.269 e. The number of nitriles is 1. The van der Waals surface area contributed by atoms with E-state index in [9.17, 15) is 10.1 Å². The van der Waals surface area contributed by atoms with Crippen molar-refractivity contribution in [3.05, 3.63) is 64.2 Å². The van der Waals surface area contributed by atoms with Crippen molar-refractivity contribution in [1.82, 2.24) is 0 Å². The van der Waals surface area contributed by atoms with Crippen LogP contribution < -0.4 is 4.90 Å². The summed E-state index contributed by atoms with van der Waals surface area (Å²) in [5.41, 5.74) is 2.42. The monoisotopic (exact) mass is 253 g/mol. The number of non-ortho nitro benzene ring substituents is 1. The lowest BCUT2D eigenvalue weighted by atomic mass is 10.2. The van der Waals surface area contributed by atoms with Crippen molar-refractivity contribution in [2.45, 2.75) is 0 Å². The van der Waals surface area contributed by atoms with Gasteiger partial charge in [0.15, 0.2) is 0 Å². The molecule has 2 rings (SSSR count). The number of benzene rings is 2. The second kappa shape index (κ2) is 5.19. The quantitative estimate of drug-likeness (QED) is 0.622. The second-order valence-electron chi connectivity index (χ2n) is 3.99. The summed E-state index contributed by atoms with van der Waals surface area (Å²) < 4.78 is 0. The molecule has 0 amide bonds. The fourth-order valence-corrected chi connectivity index (χ4v) is 1.71. The van der Waals surface area contributed by atoms with Gasteiger partial charge in [-0.1, -0.05) is 0 Å². The normalized spacial score (nSPS) is 9.68. The van der Waals surface area contributed by atoms with Crippen molar-refractivity contribution in [3.63, 3.8) is 0 Å². The molecule has 94 valence electrons. The minimum Gasteiger partial charge on any atom is -0.345 e. The first-order valence-corrected chi connectivity index (χ1v) is 5.60. The van der Waals surface area contributed by atoms with Crippen molar-refractivity contribution < 1.29 is 4.92 Å². The second-order valence-corrected chi connectivity index (χ2v) is 3.99. The zero-order valence-corrected chi connectivity index (χ0v) is 10.3. The van der Waals surface area contributed by atoms with E-state index < -0.39 is 4.92 Å². The number of nitro benzene ring substituents is 1. The maximum absolute atomic E-state index is 10.6. The predicted octanol–water partition coefficient (Wildman–Crippen LogP) is 3.23. The lowest BCUT2D eigenvalue weighted by Crippen LogP contribution is -2.09. The van der Waals surface area contributed by atoms with Gasteiger partial charge in [-0.2, -0.15) is 5.26 Å². The first-order valence-electron chi connectivity index (χ1n) is 5.60. The van der Waals surface area contributed by atoms with Gasteiger partial charge in [0.05, 0.1) is 16.6 Å². The van der Waals surface area contributed by atoms with Crippen molar-refractivity contribution in [1.29, 1.82) is 5.26 Å². The predicted molar refractivity (Wildman–Crippen MR) is 72.3 cm³/mol. The summed E-state index contributed by atoms with van der Waals surface area (Å²) in [6.45, 7) is 0. The first-order chi connectivity index (χ1) is 9.11. The molecule has 0 heterocycles. The van der Waals surface area contributed by atoms with E-state index in [0.717, 1.165) is 11.4 Å². The van der Waals surface area contributed by atoms with Crippen LogP contribution >= 0.6 is 0 Å². The Hall–Kier alpha value is -2.87. The zero-order valence-electron chi connectivity index (χ0n) is 10.3. The summed E-state index contributed by atoms with van der Waals surface area (Å²) in [4.78, 5) is 12.1. The van der Waals surface area contributed by atoms with Crippen LogP contribution in [0.2, 0.25) is 0 Å². The van der Waals surface area contributed by atoms with Gasteiger partial charge < -0.3 is 4.90 Å². The fourth-order valence-electron chi connectivity index (χ4n) is 1.71. The fraction of sp³-hybridized carbons (Fsp3) is 0.0714. The number of hydrogen-bond donors (Lipinski definition) is 0. The summed E-state index contributed by atoms with van der Waals surface area (Å²) in [7, 11) is 1.86. The molecule has 5 nitrogen and oxygen atoms in total. The SMILES string of the molecule is CN(c1ccc(C#N)cc1)c1ccc([N+](=O)[O-])cc1.